The van der Waals surface area contributed by atoms with Gasteiger partial charge < -0.3 is 19.5 Å². The van der Waals surface area contributed by atoms with Crippen LogP contribution in [0.3, 0.4) is 0 Å². The predicted octanol–water partition coefficient (Wildman–Crippen LogP) is 2.26. The number of rotatable bonds is 5. The Morgan fingerprint density at radius 3 is 2.58 bits per heavy atom. The Morgan fingerprint density at radius 1 is 1.23 bits per heavy atom. The van der Waals surface area contributed by atoms with Crippen LogP contribution < -0.4 is 10.2 Å². The van der Waals surface area contributed by atoms with E-state index in [1.54, 1.807) is 30.5 Å². The average molecular weight is 354 g/mol. The summed E-state index contributed by atoms with van der Waals surface area (Å²) in [7, 11) is 0. The molecule has 1 aliphatic heterocycles. The highest BCUT2D eigenvalue weighted by molar-refractivity contribution is 5.97. The number of nitrogens with zero attached hydrogens (tertiary/aromatic N) is 3. The number of nitrogens with one attached hydrogen (secondary N) is 1. The Kier molecular flexibility index (Phi) is 5.54. The van der Waals surface area contributed by atoms with Crippen molar-refractivity contribution < 1.29 is 13.6 Å². The zero-order valence-electron chi connectivity index (χ0n) is 14.2. The smallest absolute Gasteiger partial charge is 0.263 e. The highest BCUT2D eigenvalue weighted by Gasteiger charge is 2.17. The molecule has 26 heavy (non-hydrogen) atoms. The maximum Gasteiger partial charge on any atom is 0.263 e. The normalized spacial score (nSPS) is 14.8. The molecule has 3 rings (SSSR count). The van der Waals surface area contributed by atoms with E-state index >= 15 is 0 Å². The molecule has 0 bridgehead atoms. The zero-order chi connectivity index (χ0) is 18.4. The summed E-state index contributed by atoms with van der Waals surface area (Å²) in [6, 6.07) is 11.8. The van der Waals surface area contributed by atoms with Crippen LogP contribution in [0.15, 0.2) is 58.9 Å². The fourth-order valence-corrected chi connectivity index (χ4v) is 2.76. The molecule has 0 spiro atoms. The Bertz CT molecular complexity index is 801. The van der Waals surface area contributed by atoms with Crippen molar-refractivity contribution in [2.45, 2.75) is 6.54 Å². The number of hydrogen-bond acceptors (Lipinski definition) is 5. The molecule has 0 saturated carbocycles. The first-order chi connectivity index (χ1) is 12.7. The van der Waals surface area contributed by atoms with Crippen molar-refractivity contribution in [1.82, 2.24) is 10.2 Å². The third kappa shape index (κ3) is 4.42. The number of benzene rings is 1. The number of carbonyl (C=O) groups excluding carboxylic acids is 1. The summed E-state index contributed by atoms with van der Waals surface area (Å²) < 4.78 is 18.2. The first-order valence-corrected chi connectivity index (χ1v) is 8.33. The number of nitriles is 1. The molecular weight excluding hydrogens is 335 g/mol. The number of halogens is 1. The second kappa shape index (κ2) is 8.21. The first-order valence-electron chi connectivity index (χ1n) is 8.33. The van der Waals surface area contributed by atoms with Crippen LogP contribution in [0.2, 0.25) is 0 Å². The quantitative estimate of drug-likeness (QED) is 0.659. The van der Waals surface area contributed by atoms with E-state index in [0.29, 0.717) is 18.8 Å². The average Bonchev–Trinajstić information content (AvgIpc) is 3.19. The molecule has 1 aromatic carbocycles. The van der Waals surface area contributed by atoms with Gasteiger partial charge in [-0.1, -0.05) is 0 Å². The lowest BCUT2D eigenvalue weighted by Gasteiger charge is -2.35. The van der Waals surface area contributed by atoms with Crippen molar-refractivity contribution in [3.63, 3.8) is 0 Å². The maximum absolute atomic E-state index is 13.0. The fraction of sp³-hybridized carbons (Fsp3) is 0.263. The van der Waals surface area contributed by atoms with E-state index in [1.807, 2.05) is 11.0 Å². The summed E-state index contributed by atoms with van der Waals surface area (Å²) in [5.41, 5.74) is 1.03. The number of amides is 1. The Balaban J connectivity index is 1.54. The number of hydrogen-bond donors (Lipinski definition) is 1. The van der Waals surface area contributed by atoms with Crippen molar-refractivity contribution in [1.29, 1.82) is 5.26 Å². The van der Waals surface area contributed by atoms with Gasteiger partial charge in [0.2, 0.25) is 0 Å². The molecule has 1 aliphatic rings. The summed E-state index contributed by atoms with van der Waals surface area (Å²) in [6.07, 6.45) is 3.13. The molecule has 1 aromatic heterocycles. The lowest BCUT2D eigenvalue weighted by molar-refractivity contribution is -0.117. The zero-order valence-corrected chi connectivity index (χ0v) is 14.2. The van der Waals surface area contributed by atoms with Crippen LogP contribution in [0.25, 0.3) is 0 Å². The second-order valence-electron chi connectivity index (χ2n) is 5.92. The molecule has 134 valence electrons. The van der Waals surface area contributed by atoms with Gasteiger partial charge in [-0.25, -0.2) is 4.39 Å². The molecule has 7 heteroatoms. The molecule has 0 atom stereocenters. The molecular formula is C19H19FN4O2. The van der Waals surface area contributed by atoms with Gasteiger partial charge in [-0.05, 0) is 36.4 Å². The van der Waals surface area contributed by atoms with Crippen LogP contribution in [0, 0.1) is 17.1 Å². The van der Waals surface area contributed by atoms with Crippen LogP contribution in [0.4, 0.5) is 10.1 Å². The summed E-state index contributed by atoms with van der Waals surface area (Å²) in [4.78, 5) is 16.2. The highest BCUT2D eigenvalue weighted by Crippen LogP contribution is 2.17. The van der Waals surface area contributed by atoms with Crippen LogP contribution in [0.1, 0.15) is 5.76 Å². The van der Waals surface area contributed by atoms with E-state index in [9.17, 15) is 14.4 Å². The molecule has 0 radical (unpaired) electrons. The minimum absolute atomic E-state index is 0.0618. The summed E-state index contributed by atoms with van der Waals surface area (Å²) in [5.74, 6) is -0.0528. The van der Waals surface area contributed by atoms with E-state index in [-0.39, 0.29) is 17.9 Å². The molecule has 1 fully saturated rings. The largest absolute Gasteiger partial charge is 0.467 e. The van der Waals surface area contributed by atoms with Gasteiger partial charge in [0.1, 0.15) is 23.2 Å². The van der Waals surface area contributed by atoms with Crippen LogP contribution in [-0.2, 0) is 11.3 Å². The molecule has 0 unspecified atom stereocenters. The number of anilines is 1. The maximum atomic E-state index is 13.0. The Morgan fingerprint density at radius 2 is 1.96 bits per heavy atom. The highest BCUT2D eigenvalue weighted by atomic mass is 19.1. The van der Waals surface area contributed by atoms with Gasteiger partial charge >= 0.3 is 0 Å². The molecule has 2 heterocycles. The first kappa shape index (κ1) is 17.5. The standard InChI is InChI=1S/C19H19FN4O2/c20-16-3-5-17(6-4-16)24-9-7-23(8-10-24)14-15(12-21)19(25)22-13-18-2-1-11-26-18/h1-6,11,14H,7-10,13H2,(H,22,25). The summed E-state index contributed by atoms with van der Waals surface area (Å²) >= 11 is 0. The van der Waals surface area contributed by atoms with Crippen molar-refractivity contribution in [3.05, 3.63) is 66.0 Å². The number of carbonyl (C=O) groups is 1. The lowest BCUT2D eigenvalue weighted by atomic mass is 10.2. The minimum atomic E-state index is -0.426. The summed E-state index contributed by atoms with van der Waals surface area (Å²) in [5, 5.41) is 11.9. The van der Waals surface area contributed by atoms with E-state index in [0.717, 1.165) is 18.8 Å². The van der Waals surface area contributed by atoms with Gasteiger partial charge in [-0.3, -0.25) is 4.79 Å². The molecule has 1 amide bonds. The Hall–Kier alpha value is -3.27. The lowest BCUT2D eigenvalue weighted by Crippen LogP contribution is -2.44. The van der Waals surface area contributed by atoms with Crippen molar-refractivity contribution in [3.8, 4) is 6.07 Å². The van der Waals surface area contributed by atoms with E-state index in [4.69, 9.17) is 4.42 Å². The van der Waals surface area contributed by atoms with Gasteiger partial charge in [0.15, 0.2) is 0 Å². The monoisotopic (exact) mass is 354 g/mol. The second-order valence-corrected chi connectivity index (χ2v) is 5.92. The molecule has 1 saturated heterocycles. The van der Waals surface area contributed by atoms with Crippen molar-refractivity contribution >= 4 is 11.6 Å². The van der Waals surface area contributed by atoms with Gasteiger partial charge in [-0.15, -0.1) is 0 Å². The van der Waals surface area contributed by atoms with Crippen LogP contribution >= 0.6 is 0 Å². The minimum Gasteiger partial charge on any atom is -0.467 e. The van der Waals surface area contributed by atoms with Crippen molar-refractivity contribution in [2.75, 3.05) is 31.1 Å². The Labute approximate surface area is 151 Å². The van der Waals surface area contributed by atoms with Crippen LogP contribution in [0.5, 0.6) is 0 Å². The topological polar surface area (TPSA) is 72.5 Å². The van der Waals surface area contributed by atoms with Gasteiger partial charge in [0, 0.05) is 38.1 Å². The van der Waals surface area contributed by atoms with Crippen molar-refractivity contribution in [2.24, 2.45) is 0 Å². The SMILES string of the molecule is N#CC(=CN1CCN(c2ccc(F)cc2)CC1)C(=O)NCc1ccco1. The van der Waals surface area contributed by atoms with E-state index in [2.05, 4.69) is 10.2 Å². The van der Waals surface area contributed by atoms with Gasteiger partial charge in [0.05, 0.1) is 12.8 Å². The third-order valence-electron chi connectivity index (χ3n) is 4.19. The van der Waals surface area contributed by atoms with Gasteiger partial charge in [0.25, 0.3) is 5.91 Å². The van der Waals surface area contributed by atoms with Gasteiger partial charge in [-0.2, -0.15) is 5.26 Å². The van der Waals surface area contributed by atoms with Crippen LogP contribution in [-0.4, -0.2) is 37.0 Å². The molecule has 2 aromatic rings. The molecule has 6 nitrogen and oxygen atoms in total. The number of furan rings is 1. The summed E-state index contributed by atoms with van der Waals surface area (Å²) in [6.45, 7) is 3.05. The number of piperazine rings is 1. The molecule has 0 aliphatic carbocycles. The van der Waals surface area contributed by atoms with E-state index < -0.39 is 5.91 Å². The van der Waals surface area contributed by atoms with E-state index in [1.165, 1.54) is 18.4 Å². The fourth-order valence-electron chi connectivity index (χ4n) is 2.76. The third-order valence-corrected chi connectivity index (χ3v) is 4.19. The predicted molar refractivity (Wildman–Crippen MR) is 94.4 cm³/mol. The molecule has 1 N–H and O–H groups in total.